The van der Waals surface area contributed by atoms with Crippen LogP contribution < -0.4 is 15.5 Å². The number of piperidine rings is 2. The zero-order chi connectivity index (χ0) is 20.2. The average Bonchev–Trinajstić information content (AvgIpc) is 3.35. The number of amides is 1. The van der Waals surface area contributed by atoms with E-state index in [-0.39, 0.29) is 11.3 Å². The number of halogens is 3. The molecule has 152 valence electrons. The average molecular weight is 439 g/mol. The highest BCUT2D eigenvalue weighted by molar-refractivity contribution is 7.17. The van der Waals surface area contributed by atoms with Crippen molar-refractivity contribution in [3.8, 4) is 0 Å². The Morgan fingerprint density at radius 1 is 1.31 bits per heavy atom. The van der Waals surface area contributed by atoms with Gasteiger partial charge in [0.1, 0.15) is 21.0 Å². The number of hydrogen-bond donors (Lipinski definition) is 2. The lowest BCUT2D eigenvalue weighted by Crippen LogP contribution is -2.61. The third-order valence-corrected chi connectivity index (χ3v) is 7.16. The van der Waals surface area contributed by atoms with E-state index in [1.807, 2.05) is 0 Å². The number of thiophene rings is 2. The summed E-state index contributed by atoms with van der Waals surface area (Å²) in [5, 5.41) is 8.76. The Kier molecular flexibility index (Phi) is 4.48. The Bertz CT molecular complexity index is 1070. The summed E-state index contributed by atoms with van der Waals surface area (Å²) >= 11 is 1.80. The second-order valence-electron chi connectivity index (χ2n) is 7.14. The SMILES string of the molecule is O=C(Nc1ccsc1C(F)(F)F)c1csc2ncc(N3C[C@H]4CC[C@H]3CN4)nc12. The molecule has 0 unspecified atom stereocenters. The molecule has 2 bridgehead atoms. The third kappa shape index (κ3) is 3.36. The fraction of sp³-hybridized carbons (Fsp3) is 0.389. The Labute approximate surface area is 171 Å². The van der Waals surface area contributed by atoms with Gasteiger partial charge in [-0.25, -0.2) is 9.97 Å². The van der Waals surface area contributed by atoms with Gasteiger partial charge in [0.15, 0.2) is 0 Å². The van der Waals surface area contributed by atoms with E-state index in [9.17, 15) is 18.0 Å². The zero-order valence-electron chi connectivity index (χ0n) is 15.0. The summed E-state index contributed by atoms with van der Waals surface area (Å²) in [5.41, 5.74) is 0.414. The Morgan fingerprint density at radius 3 is 2.86 bits per heavy atom. The van der Waals surface area contributed by atoms with Crippen LogP contribution in [0.3, 0.4) is 0 Å². The molecular weight excluding hydrogens is 423 g/mol. The summed E-state index contributed by atoms with van der Waals surface area (Å²) in [6.07, 6.45) is -0.595. The predicted octanol–water partition coefficient (Wildman–Crippen LogP) is 3.96. The molecule has 0 aromatic carbocycles. The van der Waals surface area contributed by atoms with E-state index in [4.69, 9.17) is 0 Å². The largest absolute Gasteiger partial charge is 0.427 e. The molecule has 6 heterocycles. The molecule has 6 rings (SSSR count). The molecule has 6 nitrogen and oxygen atoms in total. The van der Waals surface area contributed by atoms with Crippen LogP contribution in [0.15, 0.2) is 23.0 Å². The molecule has 0 radical (unpaired) electrons. The molecule has 3 aromatic heterocycles. The summed E-state index contributed by atoms with van der Waals surface area (Å²) in [5.74, 6) is 0.0843. The number of aromatic nitrogens is 2. The minimum absolute atomic E-state index is 0.235. The van der Waals surface area contributed by atoms with E-state index in [0.717, 1.165) is 25.9 Å². The first-order chi connectivity index (χ1) is 13.9. The molecule has 11 heteroatoms. The van der Waals surface area contributed by atoms with E-state index >= 15 is 0 Å². The first kappa shape index (κ1) is 18.8. The van der Waals surface area contributed by atoms with Crippen LogP contribution in [0, 0.1) is 0 Å². The van der Waals surface area contributed by atoms with E-state index < -0.39 is 17.0 Å². The van der Waals surface area contributed by atoms with Crippen LogP contribution in [-0.2, 0) is 6.18 Å². The van der Waals surface area contributed by atoms with E-state index in [1.165, 1.54) is 22.8 Å². The van der Waals surface area contributed by atoms with Gasteiger partial charge in [-0.05, 0) is 24.3 Å². The van der Waals surface area contributed by atoms with Crippen LogP contribution in [0.25, 0.3) is 10.3 Å². The van der Waals surface area contributed by atoms with Crippen LogP contribution >= 0.6 is 22.7 Å². The maximum absolute atomic E-state index is 13.1. The molecule has 0 saturated carbocycles. The van der Waals surface area contributed by atoms with Gasteiger partial charge in [0.05, 0.1) is 17.4 Å². The lowest BCUT2D eigenvalue weighted by Gasteiger charge is -2.46. The Morgan fingerprint density at radius 2 is 2.17 bits per heavy atom. The third-order valence-electron chi connectivity index (χ3n) is 5.33. The minimum atomic E-state index is -4.51. The lowest BCUT2D eigenvalue weighted by atomic mass is 9.93. The summed E-state index contributed by atoms with van der Waals surface area (Å²) in [6, 6.07) is 2.01. The molecule has 0 spiro atoms. The first-order valence-electron chi connectivity index (χ1n) is 9.10. The number of carbonyl (C=O) groups is 1. The number of hydrogen-bond acceptors (Lipinski definition) is 7. The van der Waals surface area contributed by atoms with Gasteiger partial charge >= 0.3 is 6.18 Å². The number of nitrogens with zero attached hydrogens (tertiary/aromatic N) is 3. The van der Waals surface area contributed by atoms with Crippen molar-refractivity contribution in [3.05, 3.63) is 33.5 Å². The van der Waals surface area contributed by atoms with Crippen molar-refractivity contribution in [1.29, 1.82) is 0 Å². The monoisotopic (exact) mass is 439 g/mol. The van der Waals surface area contributed by atoms with Gasteiger partial charge in [0.25, 0.3) is 5.91 Å². The second kappa shape index (κ2) is 6.92. The van der Waals surface area contributed by atoms with Gasteiger partial charge in [-0.1, -0.05) is 0 Å². The molecule has 29 heavy (non-hydrogen) atoms. The highest BCUT2D eigenvalue weighted by Gasteiger charge is 2.36. The van der Waals surface area contributed by atoms with Crippen molar-refractivity contribution in [1.82, 2.24) is 15.3 Å². The van der Waals surface area contributed by atoms with Crippen LogP contribution in [0.2, 0.25) is 0 Å². The van der Waals surface area contributed by atoms with E-state index in [2.05, 4.69) is 25.5 Å². The normalized spacial score (nSPS) is 21.7. The minimum Gasteiger partial charge on any atom is -0.349 e. The van der Waals surface area contributed by atoms with E-state index in [0.29, 0.717) is 39.6 Å². The number of fused-ring (bicyclic) bond motifs is 4. The lowest BCUT2D eigenvalue weighted by molar-refractivity contribution is -0.133. The molecule has 3 aromatic rings. The number of alkyl halides is 3. The van der Waals surface area contributed by atoms with Crippen molar-refractivity contribution in [2.75, 3.05) is 23.3 Å². The molecule has 3 aliphatic heterocycles. The summed E-state index contributed by atoms with van der Waals surface area (Å²) < 4.78 is 39.3. The highest BCUT2D eigenvalue weighted by Crippen LogP contribution is 2.39. The molecule has 3 fully saturated rings. The molecule has 1 amide bonds. The molecule has 2 N–H and O–H groups in total. The standard InChI is InChI=1S/C18H16F3N5OS2/c19-18(20,21)15-12(3-4-28-15)24-16(27)11-8-29-17-14(11)25-13(6-23-17)26-7-9-1-2-10(26)5-22-9/h3-4,6,8-10,22H,1-2,5,7H2,(H,24,27)/t9-,10+/m1/s1. The summed E-state index contributed by atoms with van der Waals surface area (Å²) in [7, 11) is 0. The quantitative estimate of drug-likeness (QED) is 0.647. The van der Waals surface area contributed by atoms with Gasteiger partial charge in [-0.2, -0.15) is 13.2 Å². The topological polar surface area (TPSA) is 70.2 Å². The number of piperazine rings is 1. The van der Waals surface area contributed by atoms with Crippen molar-refractivity contribution in [2.45, 2.75) is 31.1 Å². The molecule has 0 aliphatic carbocycles. The van der Waals surface area contributed by atoms with Crippen LogP contribution in [0.4, 0.5) is 24.7 Å². The Balaban J connectivity index is 1.45. The molecule has 2 atom stereocenters. The number of carbonyl (C=O) groups excluding carboxylic acids is 1. The van der Waals surface area contributed by atoms with Crippen LogP contribution in [0.1, 0.15) is 28.1 Å². The maximum Gasteiger partial charge on any atom is 0.427 e. The summed E-state index contributed by atoms with van der Waals surface area (Å²) in [6.45, 7) is 1.72. The van der Waals surface area contributed by atoms with E-state index in [1.54, 1.807) is 11.6 Å². The molecule has 3 aliphatic rings. The zero-order valence-corrected chi connectivity index (χ0v) is 16.6. The smallest absolute Gasteiger partial charge is 0.349 e. The first-order valence-corrected chi connectivity index (χ1v) is 10.9. The van der Waals surface area contributed by atoms with Crippen LogP contribution in [-0.4, -0.2) is 41.0 Å². The molecule has 3 saturated heterocycles. The predicted molar refractivity (Wildman–Crippen MR) is 107 cm³/mol. The van der Waals surface area contributed by atoms with Crippen molar-refractivity contribution >= 4 is 50.4 Å². The van der Waals surface area contributed by atoms with Gasteiger partial charge in [-0.15, -0.1) is 22.7 Å². The summed E-state index contributed by atoms with van der Waals surface area (Å²) in [4.78, 5) is 23.8. The van der Waals surface area contributed by atoms with Crippen molar-refractivity contribution in [3.63, 3.8) is 0 Å². The number of rotatable bonds is 3. The van der Waals surface area contributed by atoms with Crippen LogP contribution in [0.5, 0.6) is 0 Å². The molecular formula is C18H16F3N5OS2. The number of nitrogens with one attached hydrogen (secondary N) is 2. The van der Waals surface area contributed by atoms with Gasteiger partial charge < -0.3 is 15.5 Å². The highest BCUT2D eigenvalue weighted by atomic mass is 32.1. The van der Waals surface area contributed by atoms with Gasteiger partial charge in [0.2, 0.25) is 0 Å². The van der Waals surface area contributed by atoms with Gasteiger partial charge in [0, 0.05) is 30.6 Å². The van der Waals surface area contributed by atoms with Crippen molar-refractivity contribution in [2.24, 2.45) is 0 Å². The Hall–Kier alpha value is -2.24. The number of anilines is 2. The van der Waals surface area contributed by atoms with Gasteiger partial charge in [-0.3, -0.25) is 4.79 Å². The fourth-order valence-electron chi connectivity index (χ4n) is 3.91. The van der Waals surface area contributed by atoms with Crippen molar-refractivity contribution < 1.29 is 18.0 Å². The maximum atomic E-state index is 13.1. The second-order valence-corrected chi connectivity index (χ2v) is 8.91. The fourth-order valence-corrected chi connectivity index (χ4v) is 5.46.